The number of carboxylic acids is 1. The first-order chi connectivity index (χ1) is 13.1. The van der Waals surface area contributed by atoms with Gasteiger partial charge >= 0.3 is 5.97 Å². The molecule has 0 saturated carbocycles. The van der Waals surface area contributed by atoms with Crippen molar-refractivity contribution in [2.75, 3.05) is 6.61 Å². The number of ether oxygens (including phenoxy) is 1. The lowest BCUT2D eigenvalue weighted by Crippen LogP contribution is -2.01. The van der Waals surface area contributed by atoms with Crippen LogP contribution >= 0.6 is 11.8 Å². The number of carbonyl (C=O) groups is 1. The second-order valence-electron chi connectivity index (χ2n) is 6.02. The maximum atomic E-state index is 11.8. The normalized spacial score (nSPS) is 11.7. The third-order valence-electron chi connectivity index (χ3n) is 3.95. The fourth-order valence-electron chi connectivity index (χ4n) is 2.61. The van der Waals surface area contributed by atoms with Crippen LogP contribution in [0.15, 0.2) is 46.5 Å². The van der Waals surface area contributed by atoms with Crippen molar-refractivity contribution < 1.29 is 14.6 Å². The number of H-pyrrole nitrogens is 1. The van der Waals surface area contributed by atoms with Crippen LogP contribution in [0, 0.1) is 6.92 Å². The molecule has 2 N–H and O–H groups in total. The summed E-state index contributed by atoms with van der Waals surface area (Å²) < 4.78 is 5.94. The van der Waals surface area contributed by atoms with E-state index in [0.717, 1.165) is 40.9 Å². The third-order valence-corrected chi connectivity index (χ3v) is 4.83. The minimum atomic E-state index is -1.03. The number of unbranched alkanes of at least 4 members (excludes halogenated alkanes) is 1. The van der Waals surface area contributed by atoms with Crippen molar-refractivity contribution in [1.29, 1.82) is 0 Å². The minimum absolute atomic E-state index is 0.130. The number of carboxylic acid groups (broad SMARTS) is 1. The number of rotatable bonds is 8. The Morgan fingerprint density at radius 3 is 2.81 bits per heavy atom. The van der Waals surface area contributed by atoms with E-state index in [0.29, 0.717) is 23.3 Å². The molecule has 0 spiro atoms. The highest BCUT2D eigenvalue weighted by atomic mass is 32.2. The molecule has 2 aromatic carbocycles. The Kier molecular flexibility index (Phi) is 6.13. The van der Waals surface area contributed by atoms with E-state index in [9.17, 15) is 9.90 Å². The van der Waals surface area contributed by atoms with Gasteiger partial charge < -0.3 is 9.84 Å². The van der Waals surface area contributed by atoms with Gasteiger partial charge in [-0.3, -0.25) is 5.10 Å². The summed E-state index contributed by atoms with van der Waals surface area (Å²) in [6.07, 6.45) is 3.61. The summed E-state index contributed by atoms with van der Waals surface area (Å²) in [7, 11) is 0. The molecule has 1 aromatic heterocycles. The van der Waals surface area contributed by atoms with Crippen LogP contribution in [0.4, 0.5) is 0 Å². The monoisotopic (exact) mass is 383 g/mol. The number of benzene rings is 2. The third kappa shape index (κ3) is 4.68. The summed E-state index contributed by atoms with van der Waals surface area (Å²) in [6, 6.07) is 11.7. The van der Waals surface area contributed by atoms with E-state index >= 15 is 0 Å². The van der Waals surface area contributed by atoms with Gasteiger partial charge in [-0.25, -0.2) is 9.78 Å². The van der Waals surface area contributed by atoms with Crippen LogP contribution in [-0.2, 0) is 4.79 Å². The van der Waals surface area contributed by atoms with E-state index in [4.69, 9.17) is 4.74 Å². The lowest BCUT2D eigenvalue weighted by atomic mass is 10.0. The number of aromatic nitrogens is 3. The quantitative estimate of drug-likeness (QED) is 0.334. The minimum Gasteiger partial charge on any atom is -0.493 e. The number of nitrogens with zero attached hydrogens (tertiary/aromatic N) is 2. The molecule has 0 radical (unpaired) electrons. The molecule has 0 bridgehead atoms. The zero-order valence-corrected chi connectivity index (χ0v) is 16.0. The molecule has 0 saturated heterocycles. The Labute approximate surface area is 161 Å². The van der Waals surface area contributed by atoms with E-state index < -0.39 is 5.97 Å². The van der Waals surface area contributed by atoms with E-state index in [1.165, 1.54) is 0 Å². The molecule has 0 unspecified atom stereocenters. The Balaban J connectivity index is 2.06. The summed E-state index contributed by atoms with van der Waals surface area (Å²) in [6.45, 7) is 4.46. The number of aryl methyl sites for hydroxylation is 1. The van der Waals surface area contributed by atoms with Gasteiger partial charge in [0.1, 0.15) is 16.5 Å². The molecule has 6 nitrogen and oxygen atoms in total. The Hall–Kier alpha value is -2.80. The van der Waals surface area contributed by atoms with Crippen LogP contribution in [0.5, 0.6) is 5.75 Å². The van der Waals surface area contributed by atoms with Crippen molar-refractivity contribution in [3.05, 3.63) is 52.7 Å². The molecule has 0 atom stereocenters. The number of thioether (sulfide) groups is 1. The maximum absolute atomic E-state index is 11.8. The van der Waals surface area contributed by atoms with Gasteiger partial charge in [-0.15, -0.1) is 5.10 Å². The standard InChI is InChI=1S/C20H21N3O3S/c1-3-4-11-26-17-10-9-14-7-5-6-8-15(14)16(17)12-18(19(24)25)27-20-21-13(2)22-23-20/h5-10,12H,3-4,11H2,1-2H3,(H,24,25)(H,21,22,23)/b18-12-. The highest BCUT2D eigenvalue weighted by Gasteiger charge is 2.16. The second kappa shape index (κ2) is 8.73. The molecular weight excluding hydrogens is 362 g/mol. The van der Waals surface area contributed by atoms with Crippen LogP contribution in [0.1, 0.15) is 31.2 Å². The van der Waals surface area contributed by atoms with E-state index in [2.05, 4.69) is 22.1 Å². The molecule has 1 heterocycles. The zero-order valence-electron chi connectivity index (χ0n) is 15.2. The SMILES string of the molecule is CCCCOc1ccc2ccccc2c1/C=C(\Sc1n[nH]c(C)n1)C(=O)O. The summed E-state index contributed by atoms with van der Waals surface area (Å²) in [4.78, 5) is 16.1. The summed E-state index contributed by atoms with van der Waals surface area (Å²) in [5.41, 5.74) is 0.751. The lowest BCUT2D eigenvalue weighted by molar-refractivity contribution is -0.131. The van der Waals surface area contributed by atoms with Crippen molar-refractivity contribution in [1.82, 2.24) is 15.2 Å². The fraction of sp³-hybridized carbons (Fsp3) is 0.250. The number of aliphatic carboxylic acids is 1. The molecule has 27 heavy (non-hydrogen) atoms. The smallest absolute Gasteiger partial charge is 0.342 e. The topological polar surface area (TPSA) is 88.1 Å². The first kappa shape index (κ1) is 19.0. The van der Waals surface area contributed by atoms with E-state index in [1.54, 1.807) is 13.0 Å². The lowest BCUT2D eigenvalue weighted by Gasteiger charge is -2.12. The van der Waals surface area contributed by atoms with Crippen molar-refractivity contribution in [3.63, 3.8) is 0 Å². The maximum Gasteiger partial charge on any atom is 0.342 e. The van der Waals surface area contributed by atoms with Crippen LogP contribution in [0.25, 0.3) is 16.8 Å². The molecule has 0 aliphatic heterocycles. The number of aromatic amines is 1. The Bertz CT molecular complexity index is 982. The summed E-state index contributed by atoms with van der Waals surface area (Å²) >= 11 is 1.01. The van der Waals surface area contributed by atoms with Gasteiger partial charge in [0.05, 0.1) is 6.61 Å². The average Bonchev–Trinajstić information content (AvgIpc) is 3.07. The van der Waals surface area contributed by atoms with Gasteiger partial charge in [0, 0.05) is 5.56 Å². The molecule has 0 aliphatic carbocycles. The summed E-state index contributed by atoms with van der Waals surface area (Å²) in [5, 5.41) is 18.8. The molecule has 140 valence electrons. The van der Waals surface area contributed by atoms with Crippen molar-refractivity contribution in [2.24, 2.45) is 0 Å². The highest BCUT2D eigenvalue weighted by Crippen LogP contribution is 2.34. The largest absolute Gasteiger partial charge is 0.493 e. The molecule has 0 fully saturated rings. The second-order valence-corrected chi connectivity index (χ2v) is 7.03. The van der Waals surface area contributed by atoms with Crippen molar-refractivity contribution in [3.8, 4) is 5.75 Å². The zero-order chi connectivity index (χ0) is 19.2. The fourth-order valence-corrected chi connectivity index (χ4v) is 3.34. The van der Waals surface area contributed by atoms with Gasteiger partial charge in [-0.2, -0.15) is 0 Å². The molecule has 7 heteroatoms. The van der Waals surface area contributed by atoms with Crippen LogP contribution < -0.4 is 4.74 Å². The van der Waals surface area contributed by atoms with Crippen LogP contribution in [0.2, 0.25) is 0 Å². The van der Waals surface area contributed by atoms with Gasteiger partial charge in [-0.1, -0.05) is 43.7 Å². The average molecular weight is 383 g/mol. The van der Waals surface area contributed by atoms with Gasteiger partial charge in [0.25, 0.3) is 0 Å². The first-order valence-corrected chi connectivity index (χ1v) is 9.56. The number of hydrogen-bond donors (Lipinski definition) is 2. The molecule has 0 aliphatic rings. The predicted molar refractivity (Wildman–Crippen MR) is 107 cm³/mol. The molecule has 3 rings (SSSR count). The Morgan fingerprint density at radius 2 is 2.11 bits per heavy atom. The van der Waals surface area contributed by atoms with Crippen molar-refractivity contribution >= 4 is 34.6 Å². The van der Waals surface area contributed by atoms with E-state index in [-0.39, 0.29) is 4.91 Å². The number of fused-ring (bicyclic) bond motifs is 1. The highest BCUT2D eigenvalue weighted by molar-refractivity contribution is 8.04. The van der Waals surface area contributed by atoms with Gasteiger partial charge in [-0.05, 0) is 48.0 Å². The molecular formula is C20H21N3O3S. The Morgan fingerprint density at radius 1 is 1.30 bits per heavy atom. The van der Waals surface area contributed by atoms with Crippen molar-refractivity contribution in [2.45, 2.75) is 31.8 Å². The van der Waals surface area contributed by atoms with Crippen LogP contribution in [-0.4, -0.2) is 32.9 Å². The first-order valence-electron chi connectivity index (χ1n) is 8.75. The molecule has 3 aromatic rings. The van der Waals surface area contributed by atoms with Crippen LogP contribution in [0.3, 0.4) is 0 Å². The predicted octanol–water partition coefficient (Wildman–Crippen LogP) is 4.66. The van der Waals surface area contributed by atoms with Gasteiger partial charge in [0.15, 0.2) is 0 Å². The summed E-state index contributed by atoms with van der Waals surface area (Å²) in [5.74, 6) is 0.276. The number of nitrogens with one attached hydrogen (secondary N) is 1. The molecule has 0 amide bonds. The van der Waals surface area contributed by atoms with E-state index in [1.807, 2.05) is 36.4 Å². The number of hydrogen-bond acceptors (Lipinski definition) is 5. The van der Waals surface area contributed by atoms with Gasteiger partial charge in [0.2, 0.25) is 5.16 Å².